The van der Waals surface area contributed by atoms with E-state index in [1.54, 1.807) is 23.7 Å². The van der Waals surface area contributed by atoms with Crippen LogP contribution in [-0.4, -0.2) is 10.9 Å². The topological polar surface area (TPSA) is 54.0 Å². The van der Waals surface area contributed by atoms with E-state index in [2.05, 4.69) is 15.6 Å². The van der Waals surface area contributed by atoms with Crippen molar-refractivity contribution in [3.05, 3.63) is 71.0 Å². The molecule has 8 heteroatoms. The van der Waals surface area contributed by atoms with Gasteiger partial charge in [0.1, 0.15) is 0 Å². The van der Waals surface area contributed by atoms with Crippen LogP contribution in [0.4, 0.5) is 29.7 Å². The Balaban J connectivity index is 1.79. The predicted octanol–water partition coefficient (Wildman–Crippen LogP) is 4.56. The van der Waals surface area contributed by atoms with Crippen LogP contribution in [0, 0.1) is 17.5 Å². The molecule has 1 aromatic heterocycles. The lowest BCUT2D eigenvalue weighted by Gasteiger charge is -2.09. The Morgan fingerprint density at radius 2 is 1.92 bits per heavy atom. The van der Waals surface area contributed by atoms with E-state index < -0.39 is 29.0 Å². The van der Waals surface area contributed by atoms with E-state index in [-0.39, 0.29) is 5.56 Å². The van der Waals surface area contributed by atoms with Crippen LogP contribution in [0.2, 0.25) is 0 Å². The maximum absolute atomic E-state index is 13.6. The number of anilines is 3. The summed E-state index contributed by atoms with van der Waals surface area (Å²) in [6, 6.07) is 8.12. The van der Waals surface area contributed by atoms with Gasteiger partial charge >= 0.3 is 0 Å². The highest BCUT2D eigenvalue weighted by Crippen LogP contribution is 2.22. The molecule has 0 atom stereocenters. The molecule has 0 saturated heterocycles. The summed E-state index contributed by atoms with van der Waals surface area (Å²) in [4.78, 5) is 16.2. The standard InChI is InChI=1S/C16H10F3N3OS/c17-11-4-5-12(14(19)13(11)18)22-15(23)9-2-1-3-10(8-9)21-16-20-6-7-24-16/h1-8H,(H,20,21)(H,22,23). The number of carbonyl (C=O) groups is 1. The summed E-state index contributed by atoms with van der Waals surface area (Å²) in [5.41, 5.74) is 0.404. The highest BCUT2D eigenvalue weighted by molar-refractivity contribution is 7.13. The molecule has 0 bridgehead atoms. The fourth-order valence-electron chi connectivity index (χ4n) is 1.96. The van der Waals surface area contributed by atoms with E-state index in [9.17, 15) is 18.0 Å². The zero-order valence-corrected chi connectivity index (χ0v) is 12.8. The van der Waals surface area contributed by atoms with Crippen LogP contribution < -0.4 is 10.6 Å². The van der Waals surface area contributed by atoms with Crippen molar-refractivity contribution in [2.75, 3.05) is 10.6 Å². The number of carbonyl (C=O) groups excluding carboxylic acids is 1. The molecule has 3 rings (SSSR count). The van der Waals surface area contributed by atoms with Crippen LogP contribution in [0.15, 0.2) is 48.0 Å². The number of benzene rings is 2. The average Bonchev–Trinajstić information content (AvgIpc) is 3.08. The summed E-state index contributed by atoms with van der Waals surface area (Å²) in [6.45, 7) is 0. The van der Waals surface area contributed by atoms with Crippen molar-refractivity contribution in [1.29, 1.82) is 0 Å². The van der Waals surface area contributed by atoms with Crippen LogP contribution >= 0.6 is 11.3 Å². The summed E-state index contributed by atoms with van der Waals surface area (Å²) in [7, 11) is 0. The molecule has 0 aliphatic heterocycles. The van der Waals surface area contributed by atoms with Crippen molar-refractivity contribution < 1.29 is 18.0 Å². The normalized spacial score (nSPS) is 10.5. The van der Waals surface area contributed by atoms with Gasteiger partial charge in [0, 0.05) is 22.8 Å². The number of aromatic nitrogens is 1. The van der Waals surface area contributed by atoms with Gasteiger partial charge in [0.2, 0.25) is 0 Å². The van der Waals surface area contributed by atoms with Crippen molar-refractivity contribution in [3.63, 3.8) is 0 Å². The second-order valence-corrected chi connectivity index (χ2v) is 5.61. The van der Waals surface area contributed by atoms with Crippen LogP contribution in [0.3, 0.4) is 0 Å². The summed E-state index contributed by atoms with van der Waals surface area (Å²) in [5, 5.41) is 7.68. The van der Waals surface area contributed by atoms with Gasteiger partial charge in [-0.3, -0.25) is 4.79 Å². The molecule has 24 heavy (non-hydrogen) atoms. The Morgan fingerprint density at radius 1 is 1.08 bits per heavy atom. The van der Waals surface area contributed by atoms with Gasteiger partial charge in [-0.2, -0.15) is 0 Å². The van der Waals surface area contributed by atoms with E-state index in [1.165, 1.54) is 23.5 Å². The van der Waals surface area contributed by atoms with Crippen molar-refractivity contribution >= 4 is 33.8 Å². The van der Waals surface area contributed by atoms with E-state index in [1.807, 2.05) is 0 Å². The van der Waals surface area contributed by atoms with Gasteiger partial charge < -0.3 is 10.6 Å². The SMILES string of the molecule is O=C(Nc1ccc(F)c(F)c1F)c1cccc(Nc2nccs2)c1. The molecular formula is C16H10F3N3OS. The summed E-state index contributed by atoms with van der Waals surface area (Å²) in [6.07, 6.45) is 1.63. The number of hydrogen-bond donors (Lipinski definition) is 2. The molecule has 3 aromatic rings. The third-order valence-corrected chi connectivity index (χ3v) is 3.78. The first-order valence-electron chi connectivity index (χ1n) is 6.76. The summed E-state index contributed by atoms with van der Waals surface area (Å²) < 4.78 is 39.7. The third kappa shape index (κ3) is 3.38. The Hall–Kier alpha value is -2.87. The fraction of sp³-hybridized carbons (Fsp3) is 0. The largest absolute Gasteiger partial charge is 0.332 e. The van der Waals surface area contributed by atoms with Crippen molar-refractivity contribution in [3.8, 4) is 0 Å². The lowest BCUT2D eigenvalue weighted by atomic mass is 10.2. The average molecular weight is 349 g/mol. The Bertz CT molecular complexity index is 884. The summed E-state index contributed by atoms with van der Waals surface area (Å²) in [5.74, 6) is -5.05. The second-order valence-electron chi connectivity index (χ2n) is 4.72. The first kappa shape index (κ1) is 16.0. The van der Waals surface area contributed by atoms with Gasteiger partial charge in [-0.15, -0.1) is 11.3 Å². The minimum atomic E-state index is -1.63. The quantitative estimate of drug-likeness (QED) is 0.679. The van der Waals surface area contributed by atoms with Crippen LogP contribution in [0.5, 0.6) is 0 Å². The molecule has 0 unspecified atom stereocenters. The molecule has 2 aromatic carbocycles. The molecule has 4 nitrogen and oxygen atoms in total. The van der Waals surface area contributed by atoms with Crippen molar-refractivity contribution in [1.82, 2.24) is 4.98 Å². The predicted molar refractivity (Wildman–Crippen MR) is 86.1 cm³/mol. The number of halogens is 3. The van der Waals surface area contributed by atoms with Crippen LogP contribution in [0.25, 0.3) is 0 Å². The molecule has 1 amide bonds. The number of nitrogens with zero attached hydrogens (tertiary/aromatic N) is 1. The van der Waals surface area contributed by atoms with E-state index >= 15 is 0 Å². The molecule has 0 fully saturated rings. The Kier molecular flexibility index (Phi) is 4.48. The maximum atomic E-state index is 13.6. The lowest BCUT2D eigenvalue weighted by Crippen LogP contribution is -2.14. The van der Waals surface area contributed by atoms with E-state index in [4.69, 9.17) is 0 Å². The minimum absolute atomic E-state index is 0.223. The minimum Gasteiger partial charge on any atom is -0.332 e. The molecule has 1 heterocycles. The molecular weight excluding hydrogens is 339 g/mol. The molecule has 122 valence electrons. The Labute approximate surface area is 139 Å². The molecule has 0 spiro atoms. The third-order valence-electron chi connectivity index (χ3n) is 3.09. The Morgan fingerprint density at radius 3 is 2.67 bits per heavy atom. The van der Waals surface area contributed by atoms with Gasteiger partial charge in [-0.1, -0.05) is 6.07 Å². The fourth-order valence-corrected chi connectivity index (χ4v) is 2.51. The number of thiazole rings is 1. The van der Waals surface area contributed by atoms with Gasteiger partial charge in [-0.25, -0.2) is 18.2 Å². The highest BCUT2D eigenvalue weighted by atomic mass is 32.1. The first-order chi connectivity index (χ1) is 11.5. The van der Waals surface area contributed by atoms with E-state index in [0.29, 0.717) is 10.8 Å². The smallest absolute Gasteiger partial charge is 0.255 e. The maximum Gasteiger partial charge on any atom is 0.255 e. The molecule has 2 N–H and O–H groups in total. The second kappa shape index (κ2) is 6.71. The first-order valence-corrected chi connectivity index (χ1v) is 7.64. The lowest BCUT2D eigenvalue weighted by molar-refractivity contribution is 0.102. The highest BCUT2D eigenvalue weighted by Gasteiger charge is 2.16. The van der Waals surface area contributed by atoms with E-state index in [0.717, 1.165) is 12.1 Å². The zero-order chi connectivity index (χ0) is 17.1. The van der Waals surface area contributed by atoms with Gasteiger partial charge in [0.15, 0.2) is 22.6 Å². The molecule has 0 saturated carbocycles. The number of amides is 1. The number of rotatable bonds is 4. The van der Waals surface area contributed by atoms with Crippen molar-refractivity contribution in [2.45, 2.75) is 0 Å². The van der Waals surface area contributed by atoms with Crippen LogP contribution in [-0.2, 0) is 0 Å². The van der Waals surface area contributed by atoms with Crippen molar-refractivity contribution in [2.24, 2.45) is 0 Å². The number of nitrogens with one attached hydrogen (secondary N) is 2. The monoisotopic (exact) mass is 349 g/mol. The number of hydrogen-bond acceptors (Lipinski definition) is 4. The molecule has 0 radical (unpaired) electrons. The van der Waals surface area contributed by atoms with Gasteiger partial charge in [0.25, 0.3) is 5.91 Å². The zero-order valence-electron chi connectivity index (χ0n) is 12.0. The molecule has 0 aliphatic rings. The van der Waals surface area contributed by atoms with Gasteiger partial charge in [-0.05, 0) is 30.3 Å². The molecule has 0 aliphatic carbocycles. The van der Waals surface area contributed by atoms with Gasteiger partial charge in [0.05, 0.1) is 5.69 Å². The summed E-state index contributed by atoms with van der Waals surface area (Å²) >= 11 is 1.39. The van der Waals surface area contributed by atoms with Crippen LogP contribution in [0.1, 0.15) is 10.4 Å².